The van der Waals surface area contributed by atoms with E-state index in [1.165, 1.54) is 17.2 Å². The smallest absolute Gasteiger partial charge is 0.408 e. The summed E-state index contributed by atoms with van der Waals surface area (Å²) in [6.07, 6.45) is 3.24. The molecule has 1 saturated heterocycles. The van der Waals surface area contributed by atoms with Crippen LogP contribution in [0.1, 0.15) is 67.7 Å². The van der Waals surface area contributed by atoms with Crippen molar-refractivity contribution in [3.05, 3.63) is 55.8 Å². The first-order valence-corrected chi connectivity index (χ1v) is 18.1. The van der Waals surface area contributed by atoms with E-state index in [1.807, 2.05) is 12.1 Å². The van der Waals surface area contributed by atoms with Crippen LogP contribution in [0.15, 0.2) is 55.8 Å². The molecule has 1 saturated carbocycles. The number of hydrogen-bond acceptors (Lipinski definition) is 10. The van der Waals surface area contributed by atoms with Gasteiger partial charge >= 0.3 is 6.09 Å². The number of aromatic nitrogens is 2. The molecule has 0 bridgehead atoms. The normalized spacial score (nSPS) is 20.5. The van der Waals surface area contributed by atoms with E-state index in [0.29, 0.717) is 23.9 Å². The second kappa shape index (κ2) is 14.4. The van der Waals surface area contributed by atoms with Crippen LogP contribution in [0.3, 0.4) is 0 Å². The van der Waals surface area contributed by atoms with Crippen LogP contribution in [-0.2, 0) is 29.1 Å². The third-order valence-electron chi connectivity index (χ3n) is 8.63. The van der Waals surface area contributed by atoms with Crippen LogP contribution in [-0.4, -0.2) is 88.2 Å². The van der Waals surface area contributed by atoms with Crippen molar-refractivity contribution >= 4 is 44.9 Å². The molecule has 1 unspecified atom stereocenters. The molecule has 3 N–H and O–H groups in total. The Morgan fingerprint density at radius 2 is 1.68 bits per heavy atom. The fourth-order valence-corrected chi connectivity index (χ4v) is 6.99. The number of sulfonamides is 1. The molecular formula is C35H48N6O8S. The molecule has 1 aliphatic heterocycles. The van der Waals surface area contributed by atoms with Crippen molar-refractivity contribution < 1.29 is 37.1 Å². The number of nitrogens with one attached hydrogen (secondary N) is 3. The van der Waals surface area contributed by atoms with Crippen LogP contribution in [0.5, 0.6) is 5.88 Å². The van der Waals surface area contributed by atoms with E-state index in [0.717, 1.165) is 6.08 Å². The highest BCUT2D eigenvalue weighted by molar-refractivity contribution is 7.91. The lowest BCUT2D eigenvalue weighted by Gasteiger charge is -2.38. The molecule has 15 heteroatoms. The van der Waals surface area contributed by atoms with Crippen LogP contribution in [0.2, 0.25) is 0 Å². The van der Waals surface area contributed by atoms with Crippen molar-refractivity contribution in [2.45, 2.75) is 102 Å². The number of rotatable bonds is 12. The van der Waals surface area contributed by atoms with Gasteiger partial charge in [0.05, 0.1) is 29.0 Å². The number of fused-ring (bicyclic) bond motifs is 1. The zero-order chi connectivity index (χ0) is 37.2. The van der Waals surface area contributed by atoms with Crippen molar-refractivity contribution in [3.63, 3.8) is 0 Å². The summed E-state index contributed by atoms with van der Waals surface area (Å²) in [5.74, 6) is -3.02. The minimum atomic E-state index is -3.99. The van der Waals surface area contributed by atoms with Crippen molar-refractivity contribution in [1.82, 2.24) is 30.2 Å². The molecule has 4 rings (SSSR count). The van der Waals surface area contributed by atoms with Crippen molar-refractivity contribution in [2.75, 3.05) is 6.54 Å². The van der Waals surface area contributed by atoms with Gasteiger partial charge < -0.3 is 25.0 Å². The summed E-state index contributed by atoms with van der Waals surface area (Å²) in [7, 11) is -3.99. The number of benzene rings is 1. The Hall–Kier alpha value is -4.53. The number of amides is 4. The molecule has 5 atom stereocenters. The average molecular weight is 713 g/mol. The van der Waals surface area contributed by atoms with Crippen LogP contribution < -0.4 is 20.1 Å². The summed E-state index contributed by atoms with van der Waals surface area (Å²) in [5.41, 5.74) is -2.39. The number of carbonyl (C=O) groups is 4. The molecular weight excluding hydrogens is 664 g/mol. The molecule has 1 aromatic heterocycles. The highest BCUT2D eigenvalue weighted by Gasteiger charge is 2.50. The SMILES string of the molecule is C=CC(C)[C@@](C=C)(NC(=O)[C@@H]1C[C@@H](Oc2cnc3ccccc3n2)CN1C(=O)[C@@H](NC(=O)OC(C)(C)C)C(C)(C)C)C(=O)NS(=O)(=O)C1CC1. The van der Waals surface area contributed by atoms with Gasteiger partial charge in [-0.2, -0.15) is 0 Å². The van der Waals surface area contributed by atoms with Gasteiger partial charge in [0.2, 0.25) is 27.7 Å². The van der Waals surface area contributed by atoms with E-state index in [1.54, 1.807) is 60.6 Å². The number of alkyl carbamates (subject to hydrolysis) is 1. The Kier molecular flexibility index (Phi) is 11.0. The van der Waals surface area contributed by atoms with Gasteiger partial charge in [-0.3, -0.25) is 19.1 Å². The Morgan fingerprint density at radius 3 is 2.24 bits per heavy atom. The molecule has 2 aliphatic rings. The van der Waals surface area contributed by atoms with E-state index in [2.05, 4.69) is 38.5 Å². The molecule has 2 heterocycles. The van der Waals surface area contributed by atoms with Crippen molar-refractivity contribution in [1.29, 1.82) is 0 Å². The summed E-state index contributed by atoms with van der Waals surface area (Å²) in [6, 6.07) is 4.84. The Balaban J connectivity index is 1.69. The van der Waals surface area contributed by atoms with Crippen molar-refractivity contribution in [3.8, 4) is 5.88 Å². The monoisotopic (exact) mass is 712 g/mol. The number of hydrogen-bond donors (Lipinski definition) is 3. The minimum Gasteiger partial charge on any atom is -0.471 e. The average Bonchev–Trinajstić information content (AvgIpc) is 3.81. The largest absolute Gasteiger partial charge is 0.471 e. The number of carbonyl (C=O) groups excluding carboxylic acids is 4. The summed E-state index contributed by atoms with van der Waals surface area (Å²) < 4.78 is 39.3. The van der Waals surface area contributed by atoms with E-state index < -0.39 is 79.7 Å². The number of ether oxygens (including phenoxy) is 2. The Bertz CT molecular complexity index is 1760. The molecule has 0 spiro atoms. The van der Waals surface area contributed by atoms with Gasteiger partial charge in [0.1, 0.15) is 29.3 Å². The quantitative estimate of drug-likeness (QED) is 0.276. The molecule has 1 aliphatic carbocycles. The molecule has 2 aromatic rings. The predicted molar refractivity (Wildman–Crippen MR) is 187 cm³/mol. The van der Waals surface area contributed by atoms with Gasteiger partial charge in [0.15, 0.2) is 0 Å². The Morgan fingerprint density at radius 1 is 1.04 bits per heavy atom. The number of para-hydroxylation sites is 2. The van der Waals surface area contributed by atoms with E-state index >= 15 is 0 Å². The lowest BCUT2D eigenvalue weighted by atomic mass is 9.83. The third-order valence-corrected chi connectivity index (χ3v) is 10.5. The maximum absolute atomic E-state index is 14.4. The van der Waals surface area contributed by atoms with Crippen LogP contribution in [0.4, 0.5) is 4.79 Å². The lowest BCUT2D eigenvalue weighted by molar-refractivity contribution is -0.143. The van der Waals surface area contributed by atoms with Gasteiger partial charge in [0, 0.05) is 12.3 Å². The predicted octanol–water partition coefficient (Wildman–Crippen LogP) is 3.39. The van der Waals surface area contributed by atoms with E-state index in [4.69, 9.17) is 9.47 Å². The first kappa shape index (κ1) is 38.3. The standard InChI is InChI=1S/C35H48N6O8S/c1-10-21(3)35(11-2,31(44)40-50(46,47)23-16-17-23)39-29(42)26-18-22(48-27-19-36-24-14-12-13-15-25(24)37-27)20-41(26)30(43)28(33(4,5)6)38-32(45)49-34(7,8)9/h10-15,19,21-23,26,28H,1-2,16-18,20H2,3-9H3,(H,38,45)(H,39,42)(H,40,44)/t21?,22-,26+,28-,35-/m1/s1. The molecule has 50 heavy (non-hydrogen) atoms. The summed E-state index contributed by atoms with van der Waals surface area (Å²) >= 11 is 0. The molecule has 14 nitrogen and oxygen atoms in total. The van der Waals surface area contributed by atoms with Crippen molar-refractivity contribution in [2.24, 2.45) is 11.3 Å². The van der Waals surface area contributed by atoms with Gasteiger partial charge in [0.25, 0.3) is 5.91 Å². The van der Waals surface area contributed by atoms with Crippen LogP contribution >= 0.6 is 0 Å². The fourth-order valence-electron chi connectivity index (χ4n) is 5.64. The van der Waals surface area contributed by atoms with E-state index in [9.17, 15) is 27.6 Å². The molecule has 2 fully saturated rings. The second-order valence-corrected chi connectivity index (χ2v) is 16.8. The Labute approximate surface area is 293 Å². The lowest BCUT2D eigenvalue weighted by Crippen LogP contribution is -2.65. The summed E-state index contributed by atoms with van der Waals surface area (Å²) in [6.45, 7) is 19.4. The second-order valence-electron chi connectivity index (χ2n) is 14.9. The summed E-state index contributed by atoms with van der Waals surface area (Å²) in [4.78, 5) is 65.5. The van der Waals surface area contributed by atoms with E-state index in [-0.39, 0.29) is 18.8 Å². The van der Waals surface area contributed by atoms with Gasteiger partial charge in [-0.25, -0.2) is 23.2 Å². The van der Waals surface area contributed by atoms with Crippen LogP contribution in [0.25, 0.3) is 11.0 Å². The van der Waals surface area contributed by atoms with Gasteiger partial charge in [-0.1, -0.05) is 52.0 Å². The molecule has 0 radical (unpaired) electrons. The number of likely N-dealkylation sites (tertiary alicyclic amines) is 1. The fraction of sp³-hybridized carbons (Fsp3) is 0.543. The maximum atomic E-state index is 14.4. The summed E-state index contributed by atoms with van der Waals surface area (Å²) in [5, 5.41) is 4.68. The first-order valence-electron chi connectivity index (χ1n) is 16.5. The number of nitrogens with zero attached hydrogens (tertiary/aromatic N) is 3. The van der Waals surface area contributed by atoms with Crippen LogP contribution in [0, 0.1) is 11.3 Å². The maximum Gasteiger partial charge on any atom is 0.408 e. The van der Waals surface area contributed by atoms with Gasteiger partial charge in [-0.15, -0.1) is 13.2 Å². The zero-order valence-electron chi connectivity index (χ0n) is 29.7. The molecule has 4 amide bonds. The topological polar surface area (TPSA) is 186 Å². The molecule has 272 valence electrons. The highest BCUT2D eigenvalue weighted by Crippen LogP contribution is 2.31. The minimum absolute atomic E-state index is 0.0347. The van der Waals surface area contributed by atoms with Gasteiger partial charge in [-0.05, 0) is 51.2 Å². The first-order chi connectivity index (χ1) is 23.2. The highest BCUT2D eigenvalue weighted by atomic mass is 32.2. The zero-order valence-corrected chi connectivity index (χ0v) is 30.5. The third kappa shape index (κ3) is 8.79. The molecule has 1 aromatic carbocycles.